The standard InChI is InChI=1S/C19H22N6S3/c1-20-18(26)24-22-16(13-7-5-4-6-8-13)17(23-25-19(27)21-2)14-9-11-15(28-3)12-10-14/h4-12H,1-3H3,(H2,20,24,26)(H2,21,25,27). The summed E-state index contributed by atoms with van der Waals surface area (Å²) in [5.74, 6) is 0. The number of thioether (sulfide) groups is 1. The van der Waals surface area contributed by atoms with Crippen molar-refractivity contribution >= 4 is 57.8 Å². The number of nitrogens with zero attached hydrogens (tertiary/aromatic N) is 2. The largest absolute Gasteiger partial charge is 0.364 e. The van der Waals surface area contributed by atoms with Gasteiger partial charge in [-0.2, -0.15) is 10.2 Å². The Balaban J connectivity index is 2.55. The van der Waals surface area contributed by atoms with Crippen molar-refractivity contribution in [3.05, 3.63) is 65.7 Å². The predicted molar refractivity (Wildman–Crippen MR) is 127 cm³/mol. The molecule has 0 amide bonds. The zero-order valence-corrected chi connectivity index (χ0v) is 18.3. The molecule has 0 aliphatic carbocycles. The molecule has 2 aromatic carbocycles. The third-order valence-corrected chi connectivity index (χ3v) is 4.96. The Labute approximate surface area is 180 Å². The van der Waals surface area contributed by atoms with Crippen molar-refractivity contribution in [1.82, 2.24) is 21.5 Å². The van der Waals surface area contributed by atoms with E-state index >= 15 is 0 Å². The fourth-order valence-electron chi connectivity index (χ4n) is 2.18. The first kappa shape index (κ1) is 21.8. The van der Waals surface area contributed by atoms with E-state index in [2.05, 4.69) is 31.7 Å². The predicted octanol–water partition coefficient (Wildman–Crippen LogP) is 2.70. The van der Waals surface area contributed by atoms with Gasteiger partial charge in [-0.1, -0.05) is 42.5 Å². The molecule has 4 N–H and O–H groups in total. The molecule has 0 fully saturated rings. The van der Waals surface area contributed by atoms with Crippen LogP contribution < -0.4 is 21.5 Å². The summed E-state index contributed by atoms with van der Waals surface area (Å²) in [6.45, 7) is 0. The summed E-state index contributed by atoms with van der Waals surface area (Å²) >= 11 is 12.0. The van der Waals surface area contributed by atoms with Crippen LogP contribution in [0.1, 0.15) is 11.1 Å². The van der Waals surface area contributed by atoms with E-state index in [0.717, 1.165) is 16.0 Å². The van der Waals surface area contributed by atoms with Gasteiger partial charge in [0.25, 0.3) is 0 Å². The quantitative estimate of drug-likeness (QED) is 0.243. The molecule has 28 heavy (non-hydrogen) atoms. The molecule has 0 saturated heterocycles. The molecule has 0 atom stereocenters. The van der Waals surface area contributed by atoms with Gasteiger partial charge in [0.15, 0.2) is 10.2 Å². The number of hydrazone groups is 2. The van der Waals surface area contributed by atoms with Gasteiger partial charge in [-0.05, 0) is 42.8 Å². The Bertz CT molecular complexity index is 863. The fraction of sp³-hybridized carbons (Fsp3) is 0.158. The molecule has 0 aliphatic heterocycles. The van der Waals surface area contributed by atoms with Crippen LogP contribution in [0, 0.1) is 0 Å². The van der Waals surface area contributed by atoms with Crippen LogP contribution in [0.25, 0.3) is 0 Å². The smallest absolute Gasteiger partial charge is 0.186 e. The van der Waals surface area contributed by atoms with Crippen LogP contribution in [0.15, 0.2) is 69.7 Å². The van der Waals surface area contributed by atoms with Crippen LogP contribution in [0.2, 0.25) is 0 Å². The molecule has 0 aliphatic rings. The summed E-state index contributed by atoms with van der Waals surface area (Å²) in [5, 5.41) is 15.5. The first-order valence-corrected chi connectivity index (χ1v) is 10.4. The lowest BCUT2D eigenvalue weighted by Gasteiger charge is -2.13. The van der Waals surface area contributed by atoms with Crippen molar-refractivity contribution in [3.8, 4) is 0 Å². The maximum atomic E-state index is 5.17. The normalized spacial score (nSPS) is 11.5. The highest BCUT2D eigenvalue weighted by atomic mass is 32.2. The van der Waals surface area contributed by atoms with Crippen LogP contribution in [-0.4, -0.2) is 42.0 Å². The van der Waals surface area contributed by atoms with Crippen LogP contribution >= 0.6 is 36.2 Å². The molecule has 0 saturated carbocycles. The molecule has 2 aromatic rings. The van der Waals surface area contributed by atoms with E-state index in [-0.39, 0.29) is 0 Å². The monoisotopic (exact) mass is 430 g/mol. The Morgan fingerprint density at radius 2 is 1.21 bits per heavy atom. The number of thiocarbonyl (C=S) groups is 2. The van der Waals surface area contributed by atoms with Gasteiger partial charge in [-0.15, -0.1) is 11.8 Å². The summed E-state index contributed by atoms with van der Waals surface area (Å²) < 4.78 is 0. The Morgan fingerprint density at radius 1 is 0.750 bits per heavy atom. The van der Waals surface area contributed by atoms with Crippen LogP contribution in [0.4, 0.5) is 0 Å². The lowest BCUT2D eigenvalue weighted by molar-refractivity contribution is 0.967. The lowest BCUT2D eigenvalue weighted by Crippen LogP contribution is -2.33. The molecule has 0 bridgehead atoms. The minimum Gasteiger partial charge on any atom is -0.364 e. The van der Waals surface area contributed by atoms with Gasteiger partial charge in [-0.3, -0.25) is 10.9 Å². The molecule has 9 heteroatoms. The SMILES string of the molecule is CNC(=S)NN=C(C(=NNC(=S)NC)c1ccc(SC)cc1)c1ccccc1. The molecule has 0 heterocycles. The summed E-state index contributed by atoms with van der Waals surface area (Å²) in [6.07, 6.45) is 2.04. The molecule has 2 rings (SSSR count). The molecule has 0 aromatic heterocycles. The number of nitrogens with one attached hydrogen (secondary N) is 4. The molecule has 0 spiro atoms. The molecule has 0 unspecified atom stereocenters. The summed E-state index contributed by atoms with van der Waals surface area (Å²) in [6, 6.07) is 17.9. The molecule has 146 valence electrons. The summed E-state index contributed by atoms with van der Waals surface area (Å²) in [4.78, 5) is 1.16. The van der Waals surface area contributed by atoms with E-state index in [4.69, 9.17) is 24.4 Å². The van der Waals surface area contributed by atoms with Crippen LogP contribution in [0.5, 0.6) is 0 Å². The topological polar surface area (TPSA) is 72.8 Å². The number of rotatable bonds is 6. The molecular weight excluding hydrogens is 408 g/mol. The van der Waals surface area contributed by atoms with Crippen molar-refractivity contribution in [2.75, 3.05) is 20.4 Å². The fourth-order valence-corrected chi connectivity index (χ4v) is 2.68. The second-order valence-corrected chi connectivity index (χ2v) is 7.09. The van der Waals surface area contributed by atoms with E-state index in [9.17, 15) is 0 Å². The second kappa shape index (κ2) is 11.4. The highest BCUT2D eigenvalue weighted by Crippen LogP contribution is 2.17. The molecular formula is C19H22N6S3. The average molecular weight is 431 g/mol. The number of hydrogen-bond acceptors (Lipinski definition) is 5. The van der Waals surface area contributed by atoms with E-state index in [1.807, 2.05) is 60.9 Å². The van der Waals surface area contributed by atoms with Crippen LogP contribution in [-0.2, 0) is 0 Å². The zero-order valence-electron chi connectivity index (χ0n) is 15.8. The number of benzene rings is 2. The van der Waals surface area contributed by atoms with E-state index < -0.39 is 0 Å². The first-order valence-electron chi connectivity index (χ1n) is 8.40. The molecule has 0 radical (unpaired) electrons. The highest BCUT2D eigenvalue weighted by Gasteiger charge is 2.16. The van der Waals surface area contributed by atoms with E-state index in [0.29, 0.717) is 21.6 Å². The summed E-state index contributed by atoms with van der Waals surface area (Å²) in [7, 11) is 3.47. The van der Waals surface area contributed by atoms with Gasteiger partial charge in [-0.25, -0.2) is 0 Å². The van der Waals surface area contributed by atoms with Gasteiger partial charge < -0.3 is 10.6 Å². The maximum absolute atomic E-state index is 5.17. The van der Waals surface area contributed by atoms with Crippen molar-refractivity contribution in [2.45, 2.75) is 4.90 Å². The Kier molecular flexibility index (Phi) is 8.86. The van der Waals surface area contributed by atoms with Gasteiger partial charge in [0, 0.05) is 30.1 Å². The highest BCUT2D eigenvalue weighted by molar-refractivity contribution is 7.98. The van der Waals surface area contributed by atoms with Gasteiger partial charge in [0.1, 0.15) is 11.4 Å². The van der Waals surface area contributed by atoms with Crippen LogP contribution in [0.3, 0.4) is 0 Å². The maximum Gasteiger partial charge on any atom is 0.186 e. The number of hydrogen-bond donors (Lipinski definition) is 4. The van der Waals surface area contributed by atoms with Crippen molar-refractivity contribution < 1.29 is 0 Å². The Hall–Kier alpha value is -2.49. The zero-order chi connectivity index (χ0) is 20.4. The van der Waals surface area contributed by atoms with Gasteiger partial charge in [0.05, 0.1) is 0 Å². The van der Waals surface area contributed by atoms with Gasteiger partial charge >= 0.3 is 0 Å². The third kappa shape index (κ3) is 6.29. The van der Waals surface area contributed by atoms with Crippen molar-refractivity contribution in [1.29, 1.82) is 0 Å². The van der Waals surface area contributed by atoms with Crippen molar-refractivity contribution in [3.63, 3.8) is 0 Å². The lowest BCUT2D eigenvalue weighted by atomic mass is 10.00. The minimum atomic E-state index is 0.407. The Morgan fingerprint density at radius 3 is 1.64 bits per heavy atom. The second-order valence-electron chi connectivity index (χ2n) is 5.40. The van der Waals surface area contributed by atoms with E-state index in [1.54, 1.807) is 25.9 Å². The van der Waals surface area contributed by atoms with Gasteiger partial charge in [0.2, 0.25) is 0 Å². The van der Waals surface area contributed by atoms with E-state index in [1.165, 1.54) is 0 Å². The summed E-state index contributed by atoms with van der Waals surface area (Å²) in [5.41, 5.74) is 8.74. The minimum absolute atomic E-state index is 0.407. The molecule has 6 nitrogen and oxygen atoms in total. The van der Waals surface area contributed by atoms with Crippen molar-refractivity contribution in [2.24, 2.45) is 10.2 Å². The average Bonchev–Trinajstić information content (AvgIpc) is 2.76. The third-order valence-electron chi connectivity index (χ3n) is 3.63. The first-order chi connectivity index (χ1) is 13.6.